The van der Waals surface area contributed by atoms with E-state index in [-0.39, 0.29) is 34.1 Å². The zero-order chi connectivity index (χ0) is 27.9. The number of sulfonamides is 1. The fraction of sp³-hybridized carbons (Fsp3) is 0.433. The highest BCUT2D eigenvalue weighted by Crippen LogP contribution is 2.34. The number of hydrogen-bond donors (Lipinski definition) is 1. The fourth-order valence-corrected chi connectivity index (χ4v) is 6.52. The number of benzene rings is 2. The van der Waals surface area contributed by atoms with E-state index < -0.39 is 10.0 Å². The first-order valence-corrected chi connectivity index (χ1v) is 14.8. The number of nitrogens with one attached hydrogen (secondary N) is 1. The molecule has 3 aromatic rings. The van der Waals surface area contributed by atoms with Crippen molar-refractivity contribution in [2.24, 2.45) is 5.41 Å². The van der Waals surface area contributed by atoms with Gasteiger partial charge < -0.3 is 4.74 Å². The van der Waals surface area contributed by atoms with Gasteiger partial charge in [-0.1, -0.05) is 51.1 Å². The third-order valence-corrected chi connectivity index (χ3v) is 8.70. The molecule has 1 N–H and O–H groups in total. The lowest BCUT2D eigenvalue weighted by molar-refractivity contribution is -0.130. The van der Waals surface area contributed by atoms with Gasteiger partial charge in [0.25, 0.3) is 10.0 Å². The summed E-state index contributed by atoms with van der Waals surface area (Å²) in [6.07, 6.45) is 1.82. The van der Waals surface area contributed by atoms with Crippen molar-refractivity contribution in [3.8, 4) is 17.1 Å². The van der Waals surface area contributed by atoms with E-state index in [4.69, 9.17) is 4.74 Å². The number of carbonyl (C=O) groups is 1. The minimum absolute atomic E-state index is 0.000980. The maximum Gasteiger partial charge on any atom is 0.264 e. The summed E-state index contributed by atoms with van der Waals surface area (Å²) in [4.78, 5) is 23.5. The Bertz CT molecular complexity index is 1490. The number of aromatic nitrogens is 2. The molecule has 206 valence electrons. The van der Waals surface area contributed by atoms with Crippen molar-refractivity contribution >= 4 is 21.8 Å². The number of fused-ring (bicyclic) bond motifs is 4. The number of aryl methyl sites for hydroxylation is 2. The Kier molecular flexibility index (Phi) is 7.24. The molecule has 5 rings (SSSR count). The van der Waals surface area contributed by atoms with Gasteiger partial charge in [0.05, 0.1) is 10.6 Å². The van der Waals surface area contributed by atoms with Gasteiger partial charge in [0.2, 0.25) is 11.8 Å². The quantitative estimate of drug-likeness (QED) is 0.474. The molecular weight excluding hydrogens is 512 g/mol. The van der Waals surface area contributed by atoms with Crippen molar-refractivity contribution < 1.29 is 17.9 Å². The summed E-state index contributed by atoms with van der Waals surface area (Å²) in [6.45, 7) is 11.4. The Hall–Kier alpha value is -3.30. The van der Waals surface area contributed by atoms with Crippen molar-refractivity contribution in [2.45, 2.75) is 77.4 Å². The van der Waals surface area contributed by atoms with Crippen LogP contribution in [0.5, 0.6) is 5.88 Å². The van der Waals surface area contributed by atoms with E-state index in [1.807, 2.05) is 38.1 Å². The average Bonchev–Trinajstić information content (AvgIpc) is 2.82. The van der Waals surface area contributed by atoms with Gasteiger partial charge >= 0.3 is 0 Å². The summed E-state index contributed by atoms with van der Waals surface area (Å²) >= 11 is 0. The Labute approximate surface area is 230 Å². The van der Waals surface area contributed by atoms with Gasteiger partial charge in [0.15, 0.2) is 0 Å². The van der Waals surface area contributed by atoms with Crippen LogP contribution in [0, 0.1) is 19.3 Å². The van der Waals surface area contributed by atoms with Crippen molar-refractivity contribution in [2.75, 3.05) is 11.3 Å². The molecule has 0 amide bonds. The molecule has 0 spiro atoms. The summed E-state index contributed by atoms with van der Waals surface area (Å²) in [7, 11) is -3.96. The second-order valence-electron chi connectivity index (χ2n) is 11.9. The summed E-state index contributed by atoms with van der Waals surface area (Å²) in [5, 5.41) is 0. The maximum atomic E-state index is 13.4. The number of rotatable bonds is 3. The first kappa shape index (κ1) is 27.3. The lowest BCUT2D eigenvalue weighted by atomic mass is 9.83. The van der Waals surface area contributed by atoms with Crippen LogP contribution in [0.1, 0.15) is 56.7 Å². The van der Waals surface area contributed by atoms with E-state index in [2.05, 4.69) is 40.4 Å². The molecule has 1 saturated carbocycles. The molecule has 39 heavy (non-hydrogen) atoms. The first-order valence-electron chi connectivity index (χ1n) is 13.4. The third kappa shape index (κ3) is 6.15. The van der Waals surface area contributed by atoms with Crippen LogP contribution in [0.2, 0.25) is 0 Å². The van der Waals surface area contributed by atoms with Crippen LogP contribution in [-0.2, 0) is 21.4 Å². The summed E-state index contributed by atoms with van der Waals surface area (Å²) in [5.74, 6) is 0.510. The minimum Gasteiger partial charge on any atom is -0.476 e. The van der Waals surface area contributed by atoms with E-state index in [0.29, 0.717) is 37.6 Å². The van der Waals surface area contributed by atoms with Crippen LogP contribution in [0.4, 0.5) is 5.95 Å². The van der Waals surface area contributed by atoms with Crippen molar-refractivity contribution in [3.05, 3.63) is 65.2 Å². The van der Waals surface area contributed by atoms with Crippen LogP contribution in [0.15, 0.2) is 53.4 Å². The topological polar surface area (TPSA) is 101 Å². The molecule has 8 nitrogen and oxygen atoms in total. The lowest BCUT2D eigenvalue weighted by Crippen LogP contribution is -2.52. The highest BCUT2D eigenvalue weighted by Gasteiger charge is 2.38. The van der Waals surface area contributed by atoms with Gasteiger partial charge in [-0.3, -0.25) is 9.69 Å². The molecule has 2 aliphatic rings. The lowest BCUT2D eigenvalue weighted by Gasteiger charge is -2.43. The van der Waals surface area contributed by atoms with Gasteiger partial charge in [0, 0.05) is 43.1 Å². The zero-order valence-corrected chi connectivity index (χ0v) is 24.0. The van der Waals surface area contributed by atoms with E-state index in [0.717, 1.165) is 28.7 Å². The van der Waals surface area contributed by atoms with Crippen LogP contribution < -0.4 is 9.46 Å². The minimum atomic E-state index is -3.96. The predicted octanol–water partition coefficient (Wildman–Crippen LogP) is 5.29. The molecule has 4 bridgehead atoms. The fourth-order valence-electron chi connectivity index (χ4n) is 5.51. The van der Waals surface area contributed by atoms with Crippen LogP contribution >= 0.6 is 0 Å². The standard InChI is InChI=1S/C30H36N4O4S/c1-19-8-6-9-20(2)28(19)26-15-27-32-29(31-26)33-39(36,37)25-11-7-10-21(12-25)17-34(22-13-24(35)14-22)23(18-38-27)16-30(3,4)5/h6-12,15,22-23H,13-14,16-18H2,1-5H3,(H,31,32,33)/t23-/m1/s1. The van der Waals surface area contributed by atoms with E-state index in [9.17, 15) is 13.2 Å². The number of carbonyl (C=O) groups excluding carboxylic acids is 1. The molecule has 1 aliphatic carbocycles. The van der Waals surface area contributed by atoms with Crippen LogP contribution in [-0.4, -0.2) is 47.8 Å². The number of ether oxygens (including phenoxy) is 1. The number of Topliss-reactive ketones (excluding diaryl/α,β-unsaturated/α-hetero) is 1. The molecule has 0 unspecified atom stereocenters. The van der Waals surface area contributed by atoms with Crippen molar-refractivity contribution in [1.29, 1.82) is 0 Å². The predicted molar refractivity (Wildman–Crippen MR) is 151 cm³/mol. The van der Waals surface area contributed by atoms with Gasteiger partial charge in [0.1, 0.15) is 12.4 Å². The van der Waals surface area contributed by atoms with E-state index in [1.165, 1.54) is 0 Å². The molecule has 0 radical (unpaired) electrons. The largest absolute Gasteiger partial charge is 0.476 e. The van der Waals surface area contributed by atoms with Gasteiger partial charge in [-0.05, 0) is 54.5 Å². The average molecular weight is 549 g/mol. The Morgan fingerprint density at radius 3 is 2.38 bits per heavy atom. The number of anilines is 1. The van der Waals surface area contributed by atoms with Crippen molar-refractivity contribution in [1.82, 2.24) is 14.9 Å². The normalized spacial score (nSPS) is 20.0. The summed E-state index contributed by atoms with van der Waals surface area (Å²) in [6, 6.07) is 14.8. The first-order chi connectivity index (χ1) is 18.4. The monoisotopic (exact) mass is 548 g/mol. The number of hydrogen-bond acceptors (Lipinski definition) is 7. The molecule has 9 heteroatoms. The number of nitrogens with zero attached hydrogens (tertiary/aromatic N) is 3. The van der Waals surface area contributed by atoms with Gasteiger partial charge in [-0.25, -0.2) is 18.1 Å². The smallest absolute Gasteiger partial charge is 0.264 e. The SMILES string of the molecule is Cc1cccc(C)c1-c1cc2nc(n1)NS(=O)(=O)c1cccc(c1)CN(C1CC(=O)C1)[C@H](CC(C)(C)C)CO2. The molecule has 2 heterocycles. The maximum absolute atomic E-state index is 13.4. The molecular formula is C30H36N4O4S. The summed E-state index contributed by atoms with van der Waals surface area (Å²) < 4.78 is 35.8. The molecule has 1 fully saturated rings. The van der Waals surface area contributed by atoms with E-state index in [1.54, 1.807) is 24.3 Å². The van der Waals surface area contributed by atoms with Crippen molar-refractivity contribution in [3.63, 3.8) is 0 Å². The highest BCUT2D eigenvalue weighted by atomic mass is 32.2. The number of ketones is 1. The molecule has 0 saturated heterocycles. The van der Waals surface area contributed by atoms with Gasteiger partial charge in [-0.2, -0.15) is 4.98 Å². The molecule has 2 aromatic carbocycles. The van der Waals surface area contributed by atoms with E-state index >= 15 is 0 Å². The third-order valence-electron chi connectivity index (χ3n) is 7.38. The van der Waals surface area contributed by atoms with Crippen LogP contribution in [0.3, 0.4) is 0 Å². The second kappa shape index (κ2) is 10.4. The zero-order valence-electron chi connectivity index (χ0n) is 23.2. The van der Waals surface area contributed by atoms with Gasteiger partial charge in [-0.15, -0.1) is 0 Å². The molecule has 1 aliphatic heterocycles. The molecule has 1 atom stereocenters. The molecule has 1 aromatic heterocycles. The Morgan fingerprint density at radius 1 is 1.03 bits per heavy atom. The van der Waals surface area contributed by atoms with Crippen LogP contribution in [0.25, 0.3) is 11.3 Å². The summed E-state index contributed by atoms with van der Waals surface area (Å²) in [5.41, 5.74) is 4.40. The second-order valence-corrected chi connectivity index (χ2v) is 13.6. The Morgan fingerprint density at radius 2 is 1.72 bits per heavy atom. The highest BCUT2D eigenvalue weighted by molar-refractivity contribution is 7.92. The Balaban J connectivity index is 1.64.